The Morgan fingerprint density at radius 1 is 1.39 bits per heavy atom. The van der Waals surface area contributed by atoms with Gasteiger partial charge in [0.1, 0.15) is 5.02 Å². The summed E-state index contributed by atoms with van der Waals surface area (Å²) < 4.78 is 0. The molecule has 0 atom stereocenters. The number of nitrogens with zero attached hydrogens (tertiary/aromatic N) is 2. The summed E-state index contributed by atoms with van der Waals surface area (Å²) in [6, 6.07) is 3.98. The number of halogens is 1. The number of hydrogen-bond acceptors (Lipinski definition) is 4. The van der Waals surface area contributed by atoms with Gasteiger partial charge < -0.3 is 0 Å². The average Bonchev–Trinajstić information content (AvgIpc) is 2.93. The summed E-state index contributed by atoms with van der Waals surface area (Å²) in [6.07, 6.45) is 4.65. The van der Waals surface area contributed by atoms with Gasteiger partial charge in [-0.05, 0) is 24.3 Å². The van der Waals surface area contributed by atoms with Crippen LogP contribution in [0.4, 0.5) is 5.69 Å². The van der Waals surface area contributed by atoms with Crippen molar-refractivity contribution < 1.29 is 9.72 Å². The number of nitro benzene ring substituents is 1. The number of nitro groups is 1. The van der Waals surface area contributed by atoms with E-state index in [1.165, 1.54) is 24.3 Å². The third-order valence-corrected chi connectivity index (χ3v) is 3.58. The molecule has 2 aromatic rings. The van der Waals surface area contributed by atoms with Crippen LogP contribution < -0.4 is 0 Å². The summed E-state index contributed by atoms with van der Waals surface area (Å²) in [5.74, 6) is -0.342. The zero-order valence-corrected chi connectivity index (χ0v) is 13.7. The number of carbonyl (C=O) groups excluding carboxylic acids is 1. The van der Waals surface area contributed by atoms with E-state index in [-0.39, 0.29) is 27.5 Å². The molecule has 0 aliphatic heterocycles. The van der Waals surface area contributed by atoms with Gasteiger partial charge in [-0.15, -0.1) is 0 Å². The predicted molar refractivity (Wildman–Crippen MR) is 88.8 cm³/mol. The van der Waals surface area contributed by atoms with Gasteiger partial charge in [-0.2, -0.15) is 5.10 Å². The quantitative estimate of drug-likeness (QED) is 0.393. The molecule has 1 heterocycles. The van der Waals surface area contributed by atoms with E-state index in [1.54, 1.807) is 12.3 Å². The molecule has 120 valence electrons. The molecule has 0 spiro atoms. The molecule has 1 aromatic heterocycles. The lowest BCUT2D eigenvalue weighted by Gasteiger charge is -2.17. The molecule has 0 radical (unpaired) electrons. The first kappa shape index (κ1) is 16.9. The van der Waals surface area contributed by atoms with Gasteiger partial charge in [0, 0.05) is 28.3 Å². The second kappa shape index (κ2) is 6.34. The molecule has 1 aromatic carbocycles. The third kappa shape index (κ3) is 3.84. The highest BCUT2D eigenvalue weighted by Gasteiger charge is 2.19. The summed E-state index contributed by atoms with van der Waals surface area (Å²) >= 11 is 5.74. The summed E-state index contributed by atoms with van der Waals surface area (Å²) in [4.78, 5) is 22.5. The van der Waals surface area contributed by atoms with E-state index >= 15 is 0 Å². The molecule has 0 amide bonds. The molecular formula is C16H16ClN3O3. The van der Waals surface area contributed by atoms with Crippen molar-refractivity contribution >= 4 is 29.1 Å². The van der Waals surface area contributed by atoms with Gasteiger partial charge in [0.25, 0.3) is 5.69 Å². The van der Waals surface area contributed by atoms with Crippen LogP contribution in [0.15, 0.2) is 30.5 Å². The molecule has 0 saturated carbocycles. The minimum atomic E-state index is -0.614. The molecule has 7 heteroatoms. The van der Waals surface area contributed by atoms with Crippen LogP contribution in [-0.4, -0.2) is 20.9 Å². The number of allylic oxidation sites excluding steroid dienone is 1. The van der Waals surface area contributed by atoms with Crippen molar-refractivity contribution in [1.82, 2.24) is 10.2 Å². The van der Waals surface area contributed by atoms with E-state index in [2.05, 4.69) is 10.2 Å². The van der Waals surface area contributed by atoms with Crippen molar-refractivity contribution in [1.29, 1.82) is 0 Å². The van der Waals surface area contributed by atoms with Crippen LogP contribution in [0.25, 0.3) is 6.08 Å². The number of ketones is 1. The normalized spacial score (nSPS) is 11.8. The Kier molecular flexibility index (Phi) is 4.65. The summed E-state index contributed by atoms with van der Waals surface area (Å²) in [7, 11) is 0. The maximum atomic E-state index is 12.2. The Morgan fingerprint density at radius 3 is 2.70 bits per heavy atom. The highest BCUT2D eigenvalue weighted by Crippen LogP contribution is 2.26. The van der Waals surface area contributed by atoms with Gasteiger partial charge in [0.15, 0.2) is 5.78 Å². The van der Waals surface area contributed by atoms with E-state index in [0.717, 1.165) is 11.3 Å². The Hall–Kier alpha value is -2.47. The zero-order valence-electron chi connectivity index (χ0n) is 13.0. The molecule has 0 bridgehead atoms. The second-order valence-corrected chi connectivity index (χ2v) is 6.48. The molecule has 23 heavy (non-hydrogen) atoms. The first-order valence-electron chi connectivity index (χ1n) is 6.90. The van der Waals surface area contributed by atoms with E-state index in [9.17, 15) is 14.9 Å². The fourth-order valence-corrected chi connectivity index (χ4v) is 2.28. The van der Waals surface area contributed by atoms with Crippen molar-refractivity contribution in [3.8, 4) is 0 Å². The van der Waals surface area contributed by atoms with Crippen LogP contribution in [-0.2, 0) is 5.41 Å². The maximum absolute atomic E-state index is 12.2. The number of nitrogens with one attached hydrogen (secondary N) is 1. The molecule has 1 N–H and O–H groups in total. The maximum Gasteiger partial charge on any atom is 0.288 e. The van der Waals surface area contributed by atoms with Gasteiger partial charge in [-0.1, -0.05) is 32.4 Å². The van der Waals surface area contributed by atoms with Gasteiger partial charge in [-0.25, -0.2) is 0 Å². The van der Waals surface area contributed by atoms with Crippen LogP contribution >= 0.6 is 11.6 Å². The topological polar surface area (TPSA) is 88.9 Å². The highest BCUT2D eigenvalue weighted by molar-refractivity contribution is 6.32. The van der Waals surface area contributed by atoms with Crippen LogP contribution in [0, 0.1) is 10.1 Å². The number of aromatic amines is 1. The van der Waals surface area contributed by atoms with Crippen LogP contribution in [0.5, 0.6) is 0 Å². The monoisotopic (exact) mass is 333 g/mol. The molecule has 6 nitrogen and oxygen atoms in total. The SMILES string of the molecule is CC(C)(C)c1[nH]ncc1/C=C/C(=O)c1ccc(Cl)c([N+](=O)[O-])c1. The summed E-state index contributed by atoms with van der Waals surface area (Å²) in [5, 5.41) is 17.8. The lowest BCUT2D eigenvalue weighted by Crippen LogP contribution is -2.13. The number of carbonyl (C=O) groups is 1. The second-order valence-electron chi connectivity index (χ2n) is 6.07. The number of hydrogen-bond donors (Lipinski definition) is 1. The van der Waals surface area contributed by atoms with E-state index in [0.29, 0.717) is 0 Å². The number of rotatable bonds is 4. The van der Waals surface area contributed by atoms with E-state index in [4.69, 9.17) is 11.6 Å². The zero-order chi connectivity index (χ0) is 17.2. The molecule has 0 fully saturated rings. The Morgan fingerprint density at radius 2 is 2.09 bits per heavy atom. The van der Waals surface area contributed by atoms with Crippen LogP contribution in [0.2, 0.25) is 5.02 Å². The lowest BCUT2D eigenvalue weighted by atomic mass is 9.89. The number of benzene rings is 1. The van der Waals surface area contributed by atoms with E-state index in [1.807, 2.05) is 20.8 Å². The predicted octanol–water partition coefficient (Wildman–Crippen LogP) is 4.16. The Balaban J connectivity index is 2.28. The molecule has 2 rings (SSSR count). The van der Waals surface area contributed by atoms with Crippen molar-refractivity contribution in [2.24, 2.45) is 0 Å². The first-order chi connectivity index (χ1) is 10.7. The lowest BCUT2D eigenvalue weighted by molar-refractivity contribution is -0.384. The number of H-pyrrole nitrogens is 1. The van der Waals surface area contributed by atoms with Crippen LogP contribution in [0.3, 0.4) is 0 Å². The largest absolute Gasteiger partial charge is 0.289 e. The molecular weight excluding hydrogens is 318 g/mol. The van der Waals surface area contributed by atoms with Gasteiger partial charge >= 0.3 is 0 Å². The summed E-state index contributed by atoms with van der Waals surface area (Å²) in [5.41, 5.74) is 1.49. The molecule has 0 aliphatic rings. The molecule has 0 saturated heterocycles. The molecule has 0 aliphatic carbocycles. The van der Waals surface area contributed by atoms with E-state index < -0.39 is 4.92 Å². The fraction of sp³-hybridized carbons (Fsp3) is 0.250. The van der Waals surface area contributed by atoms with Crippen molar-refractivity contribution in [2.75, 3.05) is 0 Å². The Labute approximate surface area is 138 Å². The third-order valence-electron chi connectivity index (χ3n) is 3.26. The van der Waals surface area contributed by atoms with Gasteiger partial charge in [-0.3, -0.25) is 20.0 Å². The number of aromatic nitrogens is 2. The van der Waals surface area contributed by atoms with Crippen molar-refractivity contribution in [3.05, 3.63) is 62.4 Å². The van der Waals surface area contributed by atoms with Gasteiger partial charge in [0.2, 0.25) is 0 Å². The first-order valence-corrected chi connectivity index (χ1v) is 7.28. The minimum absolute atomic E-state index is 0.000355. The summed E-state index contributed by atoms with van der Waals surface area (Å²) in [6.45, 7) is 6.09. The van der Waals surface area contributed by atoms with Crippen molar-refractivity contribution in [3.63, 3.8) is 0 Å². The van der Waals surface area contributed by atoms with Gasteiger partial charge in [0.05, 0.1) is 11.1 Å². The van der Waals surface area contributed by atoms with Crippen molar-refractivity contribution in [2.45, 2.75) is 26.2 Å². The molecule has 0 unspecified atom stereocenters. The smallest absolute Gasteiger partial charge is 0.288 e. The standard InChI is InChI=1S/C16H16ClN3O3/c1-16(2,3)15-11(9-18-19-15)5-7-14(21)10-4-6-12(17)13(8-10)20(22)23/h4-9H,1-3H3,(H,18,19)/b7-5+. The Bertz CT molecular complexity index is 788. The average molecular weight is 334 g/mol. The highest BCUT2D eigenvalue weighted by atomic mass is 35.5. The van der Waals surface area contributed by atoms with Crippen LogP contribution in [0.1, 0.15) is 42.4 Å². The minimum Gasteiger partial charge on any atom is -0.289 e. The fourth-order valence-electron chi connectivity index (χ4n) is 2.09.